The number of nitrogens with one attached hydrogen (secondary N) is 1. The van der Waals surface area contributed by atoms with Gasteiger partial charge in [-0.2, -0.15) is 0 Å². The highest BCUT2D eigenvalue weighted by molar-refractivity contribution is 7.71. The fourth-order valence-electron chi connectivity index (χ4n) is 2.53. The Hall–Kier alpha value is -1.36. The highest BCUT2D eigenvalue weighted by atomic mass is 32.1. The van der Waals surface area contributed by atoms with E-state index in [0.717, 1.165) is 29.7 Å². The van der Waals surface area contributed by atoms with Crippen LogP contribution in [0.25, 0.3) is 11.0 Å². The molecule has 84 valence electrons. The molecule has 0 unspecified atom stereocenters. The number of hydrogen-bond donors (Lipinski definition) is 2. The summed E-state index contributed by atoms with van der Waals surface area (Å²) >= 11 is 5.29. The fraction of sp³-hybridized carbons (Fsp3) is 0.455. The summed E-state index contributed by atoms with van der Waals surface area (Å²) in [5, 5.41) is 0. The molecular weight excluding hydrogens is 220 g/mol. The minimum absolute atomic E-state index is 0.647. The van der Waals surface area contributed by atoms with Crippen LogP contribution in [0.2, 0.25) is 0 Å². The Morgan fingerprint density at radius 2 is 2.25 bits per heavy atom. The van der Waals surface area contributed by atoms with E-state index < -0.39 is 0 Å². The van der Waals surface area contributed by atoms with E-state index in [0.29, 0.717) is 4.64 Å². The molecule has 0 spiro atoms. The number of anilines is 1. The zero-order valence-electron chi connectivity index (χ0n) is 8.99. The maximum Gasteiger partial charge on any atom is 0.153 e. The van der Waals surface area contributed by atoms with Gasteiger partial charge in [0, 0.05) is 12.2 Å². The Bertz CT molecular complexity index is 596. The van der Waals surface area contributed by atoms with Crippen molar-refractivity contribution in [1.29, 1.82) is 0 Å². The first-order chi connectivity index (χ1) is 7.79. The summed E-state index contributed by atoms with van der Waals surface area (Å²) in [5.41, 5.74) is 10.2. The summed E-state index contributed by atoms with van der Waals surface area (Å²) in [7, 11) is 0. The highest BCUT2D eigenvalue weighted by Crippen LogP contribution is 2.30. The molecule has 2 aromatic rings. The maximum atomic E-state index is 6.17. The van der Waals surface area contributed by atoms with Crippen molar-refractivity contribution in [3.63, 3.8) is 0 Å². The van der Waals surface area contributed by atoms with Crippen LogP contribution >= 0.6 is 12.2 Å². The molecule has 0 bridgehead atoms. The predicted molar refractivity (Wildman–Crippen MR) is 66.9 cm³/mol. The SMILES string of the molecule is Nc1c2n(c3c(=S)nc[nH]c13)CCCCC2. The number of nitrogens with two attached hydrogens (primary N) is 1. The van der Waals surface area contributed by atoms with Gasteiger partial charge in [-0.15, -0.1) is 0 Å². The van der Waals surface area contributed by atoms with Crippen molar-refractivity contribution in [2.75, 3.05) is 5.73 Å². The summed E-state index contributed by atoms with van der Waals surface area (Å²) in [6.07, 6.45) is 6.34. The zero-order chi connectivity index (χ0) is 11.1. The number of rotatable bonds is 0. The van der Waals surface area contributed by atoms with E-state index >= 15 is 0 Å². The Kier molecular flexibility index (Phi) is 2.21. The van der Waals surface area contributed by atoms with Crippen molar-refractivity contribution in [2.45, 2.75) is 32.2 Å². The molecule has 4 nitrogen and oxygen atoms in total. The molecule has 0 saturated carbocycles. The smallest absolute Gasteiger partial charge is 0.153 e. The lowest BCUT2D eigenvalue weighted by Crippen LogP contribution is -2.01. The summed E-state index contributed by atoms with van der Waals surface area (Å²) in [5.74, 6) is 0. The lowest BCUT2D eigenvalue weighted by molar-refractivity contribution is 0.647. The number of aromatic amines is 1. The second kappa shape index (κ2) is 3.59. The molecule has 1 aliphatic rings. The van der Waals surface area contributed by atoms with Crippen LogP contribution in [0, 0.1) is 4.64 Å². The Labute approximate surface area is 98.5 Å². The summed E-state index contributed by atoms with van der Waals surface area (Å²) in [6.45, 7) is 1.01. The lowest BCUT2D eigenvalue weighted by atomic mass is 10.1. The second-order valence-electron chi connectivity index (χ2n) is 4.25. The van der Waals surface area contributed by atoms with E-state index in [9.17, 15) is 0 Å². The van der Waals surface area contributed by atoms with E-state index in [1.165, 1.54) is 25.0 Å². The first-order valence-electron chi connectivity index (χ1n) is 5.63. The molecule has 16 heavy (non-hydrogen) atoms. The van der Waals surface area contributed by atoms with Gasteiger partial charge in [-0.25, -0.2) is 4.98 Å². The molecular formula is C11H14N4S. The molecule has 3 heterocycles. The molecule has 5 heteroatoms. The first kappa shape index (κ1) is 9.84. The molecule has 0 radical (unpaired) electrons. The molecule has 3 N–H and O–H groups in total. The third kappa shape index (κ3) is 1.28. The molecule has 3 rings (SSSR count). The van der Waals surface area contributed by atoms with E-state index in [4.69, 9.17) is 18.0 Å². The number of nitrogen functional groups attached to an aromatic ring is 1. The maximum absolute atomic E-state index is 6.17. The van der Waals surface area contributed by atoms with Crippen LogP contribution in [0.4, 0.5) is 5.69 Å². The third-order valence-corrected chi connectivity index (χ3v) is 3.60. The van der Waals surface area contributed by atoms with Crippen molar-refractivity contribution in [1.82, 2.24) is 14.5 Å². The van der Waals surface area contributed by atoms with Gasteiger partial charge < -0.3 is 15.3 Å². The number of hydrogen-bond acceptors (Lipinski definition) is 3. The molecule has 0 amide bonds. The minimum atomic E-state index is 0.647. The summed E-state index contributed by atoms with van der Waals surface area (Å²) in [6, 6.07) is 0. The van der Waals surface area contributed by atoms with Gasteiger partial charge in [0.15, 0.2) is 4.64 Å². The minimum Gasteiger partial charge on any atom is -0.396 e. The molecule has 0 atom stereocenters. The topological polar surface area (TPSA) is 59.6 Å². The predicted octanol–water partition coefficient (Wildman–Crippen LogP) is 2.40. The molecule has 0 aromatic carbocycles. The Balaban J connectivity index is 2.42. The van der Waals surface area contributed by atoms with E-state index in [2.05, 4.69) is 14.5 Å². The summed E-state index contributed by atoms with van der Waals surface area (Å²) < 4.78 is 2.90. The summed E-state index contributed by atoms with van der Waals surface area (Å²) in [4.78, 5) is 7.26. The largest absolute Gasteiger partial charge is 0.396 e. The third-order valence-electron chi connectivity index (χ3n) is 3.30. The van der Waals surface area contributed by atoms with Gasteiger partial charge in [0.25, 0.3) is 0 Å². The van der Waals surface area contributed by atoms with E-state index in [-0.39, 0.29) is 0 Å². The standard InChI is InChI=1S/C11H14N4S/c12-8-7-4-2-1-3-5-15(7)10-9(8)13-6-14-11(10)16/h6H,1-5,12H2,(H,13,14,16). The second-order valence-corrected chi connectivity index (χ2v) is 4.64. The van der Waals surface area contributed by atoms with Crippen LogP contribution in [0.5, 0.6) is 0 Å². The van der Waals surface area contributed by atoms with Gasteiger partial charge in [-0.05, 0) is 19.3 Å². The molecule has 2 aromatic heterocycles. The number of aromatic nitrogens is 3. The average Bonchev–Trinajstić information content (AvgIpc) is 2.48. The van der Waals surface area contributed by atoms with Crippen molar-refractivity contribution in [3.8, 4) is 0 Å². The number of nitrogens with zero attached hydrogens (tertiary/aromatic N) is 2. The van der Waals surface area contributed by atoms with Crippen LogP contribution < -0.4 is 5.73 Å². The van der Waals surface area contributed by atoms with Gasteiger partial charge in [0.2, 0.25) is 0 Å². The number of H-pyrrole nitrogens is 1. The van der Waals surface area contributed by atoms with Gasteiger partial charge >= 0.3 is 0 Å². The van der Waals surface area contributed by atoms with Gasteiger partial charge in [-0.1, -0.05) is 18.6 Å². The van der Waals surface area contributed by atoms with Crippen molar-refractivity contribution in [2.24, 2.45) is 0 Å². The van der Waals surface area contributed by atoms with Crippen molar-refractivity contribution in [3.05, 3.63) is 16.7 Å². The van der Waals surface area contributed by atoms with Gasteiger partial charge in [0.1, 0.15) is 5.52 Å². The zero-order valence-corrected chi connectivity index (χ0v) is 9.81. The van der Waals surface area contributed by atoms with Crippen molar-refractivity contribution >= 4 is 28.9 Å². The molecule has 1 aliphatic heterocycles. The van der Waals surface area contributed by atoms with Crippen LogP contribution in [-0.4, -0.2) is 14.5 Å². The quantitative estimate of drug-likeness (QED) is 0.688. The van der Waals surface area contributed by atoms with Crippen LogP contribution in [0.3, 0.4) is 0 Å². The molecule has 0 saturated heterocycles. The fourth-order valence-corrected chi connectivity index (χ4v) is 2.79. The van der Waals surface area contributed by atoms with E-state index in [1.54, 1.807) is 6.33 Å². The number of fused-ring (bicyclic) bond motifs is 3. The molecule has 0 aliphatic carbocycles. The van der Waals surface area contributed by atoms with Crippen molar-refractivity contribution < 1.29 is 0 Å². The van der Waals surface area contributed by atoms with Gasteiger partial charge in [-0.3, -0.25) is 0 Å². The first-order valence-corrected chi connectivity index (χ1v) is 6.04. The van der Waals surface area contributed by atoms with Crippen LogP contribution in [0.15, 0.2) is 6.33 Å². The van der Waals surface area contributed by atoms with E-state index in [1.807, 2.05) is 0 Å². The average molecular weight is 234 g/mol. The van der Waals surface area contributed by atoms with Crippen LogP contribution in [0.1, 0.15) is 25.0 Å². The van der Waals surface area contributed by atoms with Gasteiger partial charge in [0.05, 0.1) is 17.5 Å². The normalized spacial score (nSPS) is 16.0. The molecule has 0 fully saturated rings. The Morgan fingerprint density at radius 3 is 3.12 bits per heavy atom. The van der Waals surface area contributed by atoms with Crippen LogP contribution in [-0.2, 0) is 13.0 Å². The Morgan fingerprint density at radius 1 is 1.38 bits per heavy atom. The highest BCUT2D eigenvalue weighted by Gasteiger charge is 2.18. The lowest BCUT2D eigenvalue weighted by Gasteiger charge is -2.05. The monoisotopic (exact) mass is 234 g/mol. The number of aryl methyl sites for hydroxylation is 1.